The summed E-state index contributed by atoms with van der Waals surface area (Å²) in [7, 11) is 1.60. The Bertz CT molecular complexity index is 401. The highest BCUT2D eigenvalue weighted by Crippen LogP contribution is 2.65. The first-order chi connectivity index (χ1) is 7.52. The molecule has 0 unspecified atom stereocenters. The van der Waals surface area contributed by atoms with Gasteiger partial charge >= 0.3 is 0 Å². The standard InChI is InChI=1S/C13H19NO2/c1-13(2)10(7-14)12(13)9-5-4-8(16-3)6-11(9)15/h4-6,10,12,15H,7,14H2,1-3H3/t10-,12-/m0/s1. The van der Waals surface area contributed by atoms with Crippen LogP contribution in [0.1, 0.15) is 25.3 Å². The molecule has 1 fully saturated rings. The number of hydrogen-bond acceptors (Lipinski definition) is 3. The van der Waals surface area contributed by atoms with Gasteiger partial charge in [0.2, 0.25) is 0 Å². The zero-order chi connectivity index (χ0) is 11.9. The normalized spacial score (nSPS) is 26.5. The summed E-state index contributed by atoms with van der Waals surface area (Å²) in [6.45, 7) is 5.06. The second kappa shape index (κ2) is 3.67. The summed E-state index contributed by atoms with van der Waals surface area (Å²) in [6, 6.07) is 5.49. The van der Waals surface area contributed by atoms with Crippen molar-refractivity contribution >= 4 is 0 Å². The van der Waals surface area contributed by atoms with Crippen LogP contribution in [0.3, 0.4) is 0 Å². The molecule has 0 saturated heterocycles. The largest absolute Gasteiger partial charge is 0.508 e. The molecule has 0 aliphatic heterocycles. The van der Waals surface area contributed by atoms with Crippen LogP contribution in [0.5, 0.6) is 11.5 Å². The first-order valence-corrected chi connectivity index (χ1v) is 5.59. The Balaban J connectivity index is 2.30. The van der Waals surface area contributed by atoms with Crippen LogP contribution < -0.4 is 10.5 Å². The van der Waals surface area contributed by atoms with E-state index >= 15 is 0 Å². The van der Waals surface area contributed by atoms with Crippen molar-refractivity contribution in [2.45, 2.75) is 19.8 Å². The van der Waals surface area contributed by atoms with Gasteiger partial charge in [0.15, 0.2) is 0 Å². The van der Waals surface area contributed by atoms with Crippen molar-refractivity contribution in [1.82, 2.24) is 0 Å². The van der Waals surface area contributed by atoms with Crippen molar-refractivity contribution in [2.75, 3.05) is 13.7 Å². The van der Waals surface area contributed by atoms with Crippen LogP contribution in [0.2, 0.25) is 0 Å². The number of methoxy groups -OCH3 is 1. The van der Waals surface area contributed by atoms with Crippen molar-refractivity contribution in [3.05, 3.63) is 23.8 Å². The first kappa shape index (κ1) is 11.3. The Morgan fingerprint density at radius 1 is 1.44 bits per heavy atom. The molecule has 88 valence electrons. The van der Waals surface area contributed by atoms with E-state index in [4.69, 9.17) is 10.5 Å². The van der Waals surface area contributed by atoms with E-state index in [1.165, 1.54) is 0 Å². The number of phenols is 1. The highest BCUT2D eigenvalue weighted by atomic mass is 16.5. The Labute approximate surface area is 96.2 Å². The molecule has 1 aromatic carbocycles. The smallest absolute Gasteiger partial charge is 0.122 e. The quantitative estimate of drug-likeness (QED) is 0.821. The van der Waals surface area contributed by atoms with E-state index in [-0.39, 0.29) is 5.41 Å². The average molecular weight is 221 g/mol. The predicted molar refractivity (Wildman–Crippen MR) is 63.7 cm³/mol. The molecule has 1 aromatic rings. The molecule has 1 saturated carbocycles. The molecule has 2 rings (SSSR count). The Morgan fingerprint density at radius 2 is 2.12 bits per heavy atom. The molecule has 16 heavy (non-hydrogen) atoms. The number of ether oxygens (including phenoxy) is 1. The molecular weight excluding hydrogens is 202 g/mol. The highest BCUT2D eigenvalue weighted by molar-refractivity contribution is 5.46. The third kappa shape index (κ3) is 1.55. The Morgan fingerprint density at radius 3 is 2.56 bits per heavy atom. The maximum absolute atomic E-state index is 9.96. The van der Waals surface area contributed by atoms with E-state index in [9.17, 15) is 5.11 Å². The van der Waals surface area contributed by atoms with Gasteiger partial charge in [-0.05, 0) is 35.4 Å². The van der Waals surface area contributed by atoms with Crippen LogP contribution in [0.25, 0.3) is 0 Å². The predicted octanol–water partition coefficient (Wildman–Crippen LogP) is 2.10. The van der Waals surface area contributed by atoms with Gasteiger partial charge in [0.05, 0.1) is 7.11 Å². The van der Waals surface area contributed by atoms with Crippen LogP contribution in [0, 0.1) is 11.3 Å². The lowest BCUT2D eigenvalue weighted by atomic mass is 10.0. The van der Waals surface area contributed by atoms with Crippen molar-refractivity contribution in [3.8, 4) is 11.5 Å². The molecule has 0 radical (unpaired) electrons. The monoisotopic (exact) mass is 221 g/mol. The minimum Gasteiger partial charge on any atom is -0.508 e. The lowest BCUT2D eigenvalue weighted by molar-refractivity contribution is 0.406. The molecule has 3 nitrogen and oxygen atoms in total. The van der Waals surface area contributed by atoms with Crippen molar-refractivity contribution in [1.29, 1.82) is 0 Å². The fraction of sp³-hybridized carbons (Fsp3) is 0.538. The molecule has 0 aromatic heterocycles. The van der Waals surface area contributed by atoms with Crippen molar-refractivity contribution in [3.63, 3.8) is 0 Å². The number of benzene rings is 1. The van der Waals surface area contributed by atoms with Crippen LogP contribution >= 0.6 is 0 Å². The van der Waals surface area contributed by atoms with Gasteiger partial charge in [0.1, 0.15) is 11.5 Å². The summed E-state index contributed by atoms with van der Waals surface area (Å²) in [6.07, 6.45) is 0. The SMILES string of the molecule is COc1ccc([C@H]2[C@H](CN)C2(C)C)c(O)c1. The number of rotatable bonds is 3. The van der Waals surface area contributed by atoms with E-state index in [1.807, 2.05) is 12.1 Å². The molecule has 1 aliphatic rings. The van der Waals surface area contributed by atoms with Gasteiger partial charge in [-0.1, -0.05) is 19.9 Å². The Kier molecular flexibility index (Phi) is 2.58. The number of hydrogen-bond donors (Lipinski definition) is 2. The fourth-order valence-electron chi connectivity index (χ4n) is 2.71. The summed E-state index contributed by atoms with van der Waals surface area (Å²) in [5.41, 5.74) is 6.92. The van der Waals surface area contributed by atoms with Gasteiger partial charge < -0.3 is 15.6 Å². The topological polar surface area (TPSA) is 55.5 Å². The van der Waals surface area contributed by atoms with Crippen LogP contribution in [-0.2, 0) is 0 Å². The van der Waals surface area contributed by atoms with Gasteiger partial charge in [-0.15, -0.1) is 0 Å². The molecular formula is C13H19NO2. The fourth-order valence-corrected chi connectivity index (χ4v) is 2.71. The summed E-state index contributed by atoms with van der Waals surface area (Å²) in [4.78, 5) is 0. The third-order valence-electron chi connectivity index (χ3n) is 3.88. The van der Waals surface area contributed by atoms with Crippen LogP contribution in [0.4, 0.5) is 0 Å². The van der Waals surface area contributed by atoms with Crippen molar-refractivity contribution < 1.29 is 9.84 Å². The summed E-state index contributed by atoms with van der Waals surface area (Å²) in [5.74, 6) is 1.83. The number of phenolic OH excluding ortho intramolecular Hbond substituents is 1. The van der Waals surface area contributed by atoms with Gasteiger partial charge in [-0.2, -0.15) is 0 Å². The van der Waals surface area contributed by atoms with Gasteiger partial charge in [0.25, 0.3) is 0 Å². The molecule has 3 N–H and O–H groups in total. The molecule has 1 aliphatic carbocycles. The minimum atomic E-state index is 0.195. The van der Waals surface area contributed by atoms with Gasteiger partial charge in [-0.25, -0.2) is 0 Å². The Hall–Kier alpha value is -1.22. The van der Waals surface area contributed by atoms with Crippen LogP contribution in [-0.4, -0.2) is 18.8 Å². The number of aromatic hydroxyl groups is 1. The lowest BCUT2D eigenvalue weighted by Gasteiger charge is -2.08. The summed E-state index contributed by atoms with van der Waals surface area (Å²) >= 11 is 0. The third-order valence-corrected chi connectivity index (χ3v) is 3.88. The molecule has 2 atom stereocenters. The van der Waals surface area contributed by atoms with Gasteiger partial charge in [0, 0.05) is 6.07 Å². The van der Waals surface area contributed by atoms with Crippen LogP contribution in [0.15, 0.2) is 18.2 Å². The lowest BCUT2D eigenvalue weighted by Crippen LogP contribution is -2.05. The zero-order valence-electron chi connectivity index (χ0n) is 10.0. The molecule has 0 bridgehead atoms. The molecule has 0 amide bonds. The second-order valence-corrected chi connectivity index (χ2v) is 5.07. The average Bonchev–Trinajstić information content (AvgIpc) is 2.80. The molecule has 0 spiro atoms. The van der Waals surface area contributed by atoms with E-state index in [0.29, 0.717) is 29.9 Å². The maximum Gasteiger partial charge on any atom is 0.122 e. The number of nitrogens with two attached hydrogens (primary N) is 1. The van der Waals surface area contributed by atoms with E-state index in [0.717, 1.165) is 5.56 Å². The van der Waals surface area contributed by atoms with Crippen molar-refractivity contribution in [2.24, 2.45) is 17.1 Å². The molecule has 0 heterocycles. The summed E-state index contributed by atoms with van der Waals surface area (Å²) in [5, 5.41) is 9.96. The summed E-state index contributed by atoms with van der Waals surface area (Å²) < 4.78 is 5.07. The van der Waals surface area contributed by atoms with Gasteiger partial charge in [-0.3, -0.25) is 0 Å². The first-order valence-electron chi connectivity index (χ1n) is 5.59. The van der Waals surface area contributed by atoms with E-state index in [2.05, 4.69) is 13.8 Å². The van der Waals surface area contributed by atoms with E-state index < -0.39 is 0 Å². The van der Waals surface area contributed by atoms with E-state index in [1.54, 1.807) is 13.2 Å². The second-order valence-electron chi connectivity index (χ2n) is 5.07. The maximum atomic E-state index is 9.96. The highest BCUT2D eigenvalue weighted by Gasteiger charge is 2.57. The molecule has 3 heteroatoms. The minimum absolute atomic E-state index is 0.195. The zero-order valence-corrected chi connectivity index (χ0v) is 10.0.